The molecule has 30 heavy (non-hydrogen) atoms. The van der Waals surface area contributed by atoms with Gasteiger partial charge in [0.2, 0.25) is 15.9 Å². The lowest BCUT2D eigenvalue weighted by atomic mass is 10.1. The molecule has 0 saturated heterocycles. The van der Waals surface area contributed by atoms with Crippen molar-refractivity contribution < 1.29 is 13.2 Å². The van der Waals surface area contributed by atoms with E-state index in [0.717, 1.165) is 29.1 Å². The number of nitrogens with one attached hydrogen (secondary N) is 1. The summed E-state index contributed by atoms with van der Waals surface area (Å²) < 4.78 is 28.4. The third kappa shape index (κ3) is 5.70. The van der Waals surface area contributed by atoms with Crippen LogP contribution in [-0.2, 0) is 34.3 Å². The average molecular weight is 435 g/mol. The minimum Gasteiger partial charge on any atom is -0.352 e. The number of carbonyl (C=O) groups excluding carboxylic acids is 1. The highest BCUT2D eigenvalue weighted by atomic mass is 32.2. The van der Waals surface area contributed by atoms with E-state index in [1.165, 1.54) is 4.31 Å². The molecule has 0 spiro atoms. The summed E-state index contributed by atoms with van der Waals surface area (Å²) in [6.45, 7) is 13.0. The Hall–Kier alpha value is -2.19. The minimum absolute atomic E-state index is 0.0819. The fraction of sp³-hybridized carbons (Fsp3) is 0.545. The lowest BCUT2D eigenvalue weighted by Crippen LogP contribution is -2.33. The second kappa shape index (κ2) is 9.75. The van der Waals surface area contributed by atoms with Gasteiger partial charge in [-0.3, -0.25) is 9.48 Å². The van der Waals surface area contributed by atoms with Crippen LogP contribution in [0.3, 0.4) is 0 Å². The monoisotopic (exact) mass is 434 g/mol. The van der Waals surface area contributed by atoms with Gasteiger partial charge in [-0.1, -0.05) is 26.0 Å². The number of hydrogen-bond acceptors (Lipinski definition) is 4. The first kappa shape index (κ1) is 24.1. The van der Waals surface area contributed by atoms with E-state index < -0.39 is 10.0 Å². The highest BCUT2D eigenvalue weighted by Crippen LogP contribution is 2.18. The van der Waals surface area contributed by atoms with Gasteiger partial charge in [0, 0.05) is 37.4 Å². The number of aromatic nitrogens is 2. The van der Waals surface area contributed by atoms with Crippen LogP contribution in [0, 0.1) is 19.8 Å². The van der Waals surface area contributed by atoms with Gasteiger partial charge in [0.25, 0.3) is 0 Å². The van der Waals surface area contributed by atoms with Crippen LogP contribution in [-0.4, -0.2) is 41.5 Å². The fourth-order valence-electron chi connectivity index (χ4n) is 3.16. The summed E-state index contributed by atoms with van der Waals surface area (Å²) in [4.78, 5) is 12.7. The largest absolute Gasteiger partial charge is 0.352 e. The third-order valence-corrected chi connectivity index (χ3v) is 7.27. The lowest BCUT2D eigenvalue weighted by Gasteiger charge is -2.21. The van der Waals surface area contributed by atoms with Crippen molar-refractivity contribution in [3.05, 3.63) is 46.8 Å². The Morgan fingerprint density at radius 3 is 2.27 bits per heavy atom. The third-order valence-electron chi connectivity index (χ3n) is 5.22. The topological polar surface area (TPSA) is 84.3 Å². The van der Waals surface area contributed by atoms with Gasteiger partial charge >= 0.3 is 0 Å². The molecule has 2 rings (SSSR count). The van der Waals surface area contributed by atoms with E-state index in [1.807, 2.05) is 32.4 Å². The Morgan fingerprint density at radius 2 is 1.73 bits per heavy atom. The van der Waals surface area contributed by atoms with Crippen molar-refractivity contribution in [2.75, 3.05) is 7.05 Å². The molecule has 0 unspecified atom stereocenters. The molecule has 7 nitrogen and oxygen atoms in total. The van der Waals surface area contributed by atoms with Crippen LogP contribution in [0.1, 0.15) is 50.2 Å². The molecule has 1 aromatic carbocycles. The predicted octanol–water partition coefficient (Wildman–Crippen LogP) is 3.04. The molecule has 0 saturated carbocycles. The molecule has 0 aliphatic carbocycles. The van der Waals surface area contributed by atoms with Crippen LogP contribution >= 0.6 is 0 Å². The van der Waals surface area contributed by atoms with Crippen molar-refractivity contribution in [3.63, 3.8) is 0 Å². The van der Waals surface area contributed by atoms with Gasteiger partial charge in [-0.05, 0) is 51.3 Å². The molecule has 0 radical (unpaired) electrons. The first-order chi connectivity index (χ1) is 13.9. The number of nitrogens with zero attached hydrogens (tertiary/aromatic N) is 3. The van der Waals surface area contributed by atoms with E-state index in [-0.39, 0.29) is 23.3 Å². The second-order valence-electron chi connectivity index (χ2n) is 8.44. The van der Waals surface area contributed by atoms with E-state index in [1.54, 1.807) is 31.3 Å². The highest BCUT2D eigenvalue weighted by molar-refractivity contribution is 7.89. The summed E-state index contributed by atoms with van der Waals surface area (Å²) in [6, 6.07) is 6.52. The molecule has 0 aliphatic heterocycles. The Balaban J connectivity index is 2.00. The van der Waals surface area contributed by atoms with Crippen LogP contribution in [0.15, 0.2) is 29.2 Å². The van der Waals surface area contributed by atoms with Gasteiger partial charge in [-0.2, -0.15) is 9.40 Å². The maximum Gasteiger partial charge on any atom is 0.243 e. The molecule has 2 aromatic rings. The first-order valence-electron chi connectivity index (χ1n) is 10.3. The Labute approximate surface area is 180 Å². The smallest absolute Gasteiger partial charge is 0.243 e. The minimum atomic E-state index is -3.51. The van der Waals surface area contributed by atoms with Crippen LogP contribution in [0.25, 0.3) is 0 Å². The van der Waals surface area contributed by atoms with E-state index in [0.29, 0.717) is 12.5 Å². The van der Waals surface area contributed by atoms with Gasteiger partial charge in [0.1, 0.15) is 0 Å². The number of sulfonamides is 1. The molecular formula is C22H34N4O3S. The molecule has 1 amide bonds. The molecular weight excluding hydrogens is 400 g/mol. The van der Waals surface area contributed by atoms with Gasteiger partial charge in [0.05, 0.1) is 17.0 Å². The second-order valence-corrected chi connectivity index (χ2v) is 10.4. The molecule has 1 heterocycles. The summed E-state index contributed by atoms with van der Waals surface area (Å²) in [5.41, 5.74) is 3.72. The molecule has 1 aromatic heterocycles. The fourth-order valence-corrected chi connectivity index (χ4v) is 4.53. The van der Waals surface area contributed by atoms with E-state index in [4.69, 9.17) is 0 Å². The van der Waals surface area contributed by atoms with Gasteiger partial charge < -0.3 is 5.32 Å². The normalized spacial score (nSPS) is 12.2. The molecule has 1 N–H and O–H groups in total. The number of rotatable bonds is 9. The Morgan fingerprint density at radius 1 is 1.13 bits per heavy atom. The Bertz CT molecular complexity index is 977. The number of carbonyl (C=O) groups is 1. The van der Waals surface area contributed by atoms with Gasteiger partial charge in [0.15, 0.2) is 0 Å². The van der Waals surface area contributed by atoms with Crippen LogP contribution in [0.4, 0.5) is 0 Å². The van der Waals surface area contributed by atoms with E-state index >= 15 is 0 Å². The summed E-state index contributed by atoms with van der Waals surface area (Å²) in [5.74, 6) is 0.401. The van der Waals surface area contributed by atoms with Crippen molar-refractivity contribution in [3.8, 4) is 0 Å². The molecule has 0 bridgehead atoms. The van der Waals surface area contributed by atoms with Crippen molar-refractivity contribution in [1.82, 2.24) is 19.4 Å². The average Bonchev–Trinajstić information content (AvgIpc) is 2.92. The van der Waals surface area contributed by atoms with Gasteiger partial charge in [-0.25, -0.2) is 8.42 Å². The van der Waals surface area contributed by atoms with E-state index in [9.17, 15) is 13.2 Å². The number of benzene rings is 1. The zero-order chi connectivity index (χ0) is 22.6. The summed E-state index contributed by atoms with van der Waals surface area (Å²) in [6.07, 6.45) is 0.279. The zero-order valence-corrected chi connectivity index (χ0v) is 19.9. The maximum absolute atomic E-state index is 12.5. The molecule has 8 heteroatoms. The molecule has 166 valence electrons. The zero-order valence-electron chi connectivity index (χ0n) is 19.1. The molecule has 0 fully saturated rings. The van der Waals surface area contributed by atoms with E-state index in [2.05, 4.69) is 24.3 Å². The van der Waals surface area contributed by atoms with Crippen molar-refractivity contribution in [2.45, 2.75) is 72.0 Å². The van der Waals surface area contributed by atoms with Crippen molar-refractivity contribution in [1.29, 1.82) is 0 Å². The predicted molar refractivity (Wildman–Crippen MR) is 119 cm³/mol. The highest BCUT2D eigenvalue weighted by Gasteiger charge is 2.22. The number of hydrogen-bond donors (Lipinski definition) is 1. The maximum atomic E-state index is 12.5. The standard InChI is InChI=1S/C22H34N4O3S/c1-15(2)14-26-18(6)21(17(5)24-26)12-22(27)23-13-19-8-10-20(11-9-19)30(28,29)25(7)16(3)4/h8-11,15-16H,12-14H2,1-7H3,(H,23,27). The summed E-state index contributed by atoms with van der Waals surface area (Å²) in [7, 11) is -1.94. The van der Waals surface area contributed by atoms with Crippen LogP contribution < -0.4 is 5.32 Å². The molecule has 0 atom stereocenters. The lowest BCUT2D eigenvalue weighted by molar-refractivity contribution is -0.120. The quantitative estimate of drug-likeness (QED) is 0.657. The summed E-state index contributed by atoms with van der Waals surface area (Å²) in [5, 5.41) is 7.47. The SMILES string of the molecule is Cc1nn(CC(C)C)c(C)c1CC(=O)NCc1ccc(S(=O)(=O)N(C)C(C)C)cc1. The number of aryl methyl sites for hydroxylation is 1. The van der Waals surface area contributed by atoms with Crippen molar-refractivity contribution >= 4 is 15.9 Å². The molecule has 0 aliphatic rings. The Kier molecular flexibility index (Phi) is 7.82. The van der Waals surface area contributed by atoms with Crippen molar-refractivity contribution in [2.24, 2.45) is 5.92 Å². The van der Waals surface area contributed by atoms with Crippen LogP contribution in [0.2, 0.25) is 0 Å². The number of amides is 1. The van der Waals surface area contributed by atoms with Crippen LogP contribution in [0.5, 0.6) is 0 Å². The summed E-state index contributed by atoms with van der Waals surface area (Å²) >= 11 is 0. The first-order valence-corrected chi connectivity index (χ1v) is 11.7. The van der Waals surface area contributed by atoms with Gasteiger partial charge in [-0.15, -0.1) is 0 Å².